The number of nitrogens with one attached hydrogen (secondary N) is 1. The van der Waals surface area contributed by atoms with E-state index in [9.17, 15) is 4.79 Å². The highest BCUT2D eigenvalue weighted by Crippen LogP contribution is 2.21. The summed E-state index contributed by atoms with van der Waals surface area (Å²) in [6, 6.07) is 10.6. The molecule has 0 aliphatic heterocycles. The number of nitrogens with zero attached hydrogens (tertiary/aromatic N) is 1. The molecule has 0 aliphatic rings. The second kappa shape index (κ2) is 6.33. The molecule has 0 unspecified atom stereocenters. The third-order valence-corrected chi connectivity index (χ3v) is 2.94. The van der Waals surface area contributed by atoms with E-state index in [2.05, 4.69) is 26.2 Å². The molecule has 2 aromatic rings. The van der Waals surface area contributed by atoms with Crippen molar-refractivity contribution >= 4 is 27.5 Å². The van der Waals surface area contributed by atoms with Gasteiger partial charge in [-0.2, -0.15) is 0 Å². The second-order valence-corrected chi connectivity index (χ2v) is 4.67. The van der Waals surface area contributed by atoms with Gasteiger partial charge in [0.1, 0.15) is 5.69 Å². The number of halogens is 1. The molecule has 1 aromatic carbocycles. The Hall–Kier alpha value is -1.88. The van der Waals surface area contributed by atoms with Crippen LogP contribution in [0.3, 0.4) is 0 Å². The van der Waals surface area contributed by atoms with Gasteiger partial charge in [0.25, 0.3) is 5.91 Å². The Labute approximate surface area is 119 Å². The SMILES string of the molecule is CCOc1ncccc1NC(=O)c1ccc(Br)cc1. The minimum Gasteiger partial charge on any atom is -0.476 e. The Kier molecular flexibility index (Phi) is 4.52. The van der Waals surface area contributed by atoms with Crippen LogP contribution in [0.15, 0.2) is 47.1 Å². The van der Waals surface area contributed by atoms with E-state index in [0.29, 0.717) is 23.7 Å². The van der Waals surface area contributed by atoms with E-state index in [4.69, 9.17) is 4.74 Å². The van der Waals surface area contributed by atoms with Crippen LogP contribution in [0, 0.1) is 0 Å². The van der Waals surface area contributed by atoms with Crippen molar-refractivity contribution in [1.29, 1.82) is 0 Å². The molecule has 2 rings (SSSR count). The molecule has 1 N–H and O–H groups in total. The van der Waals surface area contributed by atoms with E-state index < -0.39 is 0 Å². The van der Waals surface area contributed by atoms with Gasteiger partial charge in [-0.05, 0) is 43.3 Å². The Balaban J connectivity index is 2.16. The van der Waals surface area contributed by atoms with E-state index in [-0.39, 0.29) is 5.91 Å². The maximum Gasteiger partial charge on any atom is 0.255 e. The van der Waals surface area contributed by atoms with Crippen LogP contribution in [0.4, 0.5) is 5.69 Å². The van der Waals surface area contributed by atoms with Gasteiger partial charge < -0.3 is 10.1 Å². The third kappa shape index (κ3) is 3.54. The molecule has 1 amide bonds. The van der Waals surface area contributed by atoms with Crippen molar-refractivity contribution < 1.29 is 9.53 Å². The van der Waals surface area contributed by atoms with E-state index >= 15 is 0 Å². The zero-order chi connectivity index (χ0) is 13.7. The second-order valence-electron chi connectivity index (χ2n) is 3.75. The zero-order valence-corrected chi connectivity index (χ0v) is 12.0. The molecule has 0 atom stereocenters. The average molecular weight is 321 g/mol. The Morgan fingerprint density at radius 2 is 2.05 bits per heavy atom. The predicted octanol–water partition coefficient (Wildman–Crippen LogP) is 3.50. The Morgan fingerprint density at radius 1 is 1.32 bits per heavy atom. The van der Waals surface area contributed by atoms with Gasteiger partial charge in [-0.25, -0.2) is 4.98 Å². The quantitative estimate of drug-likeness (QED) is 0.938. The number of ether oxygens (including phenoxy) is 1. The van der Waals surface area contributed by atoms with Crippen molar-refractivity contribution in [2.75, 3.05) is 11.9 Å². The van der Waals surface area contributed by atoms with Gasteiger partial charge in [-0.1, -0.05) is 15.9 Å². The van der Waals surface area contributed by atoms with Gasteiger partial charge in [0.05, 0.1) is 6.61 Å². The maximum atomic E-state index is 12.1. The molecule has 0 saturated carbocycles. The summed E-state index contributed by atoms with van der Waals surface area (Å²) < 4.78 is 6.29. The fourth-order valence-corrected chi connectivity index (χ4v) is 1.80. The molecule has 4 nitrogen and oxygen atoms in total. The summed E-state index contributed by atoms with van der Waals surface area (Å²) >= 11 is 3.33. The standard InChI is InChI=1S/C14H13BrN2O2/c1-2-19-14-12(4-3-9-16-14)17-13(18)10-5-7-11(15)8-6-10/h3-9H,2H2,1H3,(H,17,18). The first-order chi connectivity index (χ1) is 9.20. The molecule has 98 valence electrons. The Bertz CT molecular complexity index is 570. The average Bonchev–Trinajstić information content (AvgIpc) is 2.42. The minimum absolute atomic E-state index is 0.193. The van der Waals surface area contributed by atoms with Crippen LogP contribution >= 0.6 is 15.9 Å². The lowest BCUT2D eigenvalue weighted by Crippen LogP contribution is -2.13. The van der Waals surface area contributed by atoms with Crippen molar-refractivity contribution in [3.8, 4) is 5.88 Å². The lowest BCUT2D eigenvalue weighted by molar-refractivity contribution is 0.102. The molecular formula is C14H13BrN2O2. The fourth-order valence-electron chi connectivity index (χ4n) is 1.53. The number of hydrogen-bond acceptors (Lipinski definition) is 3. The molecule has 0 saturated heterocycles. The van der Waals surface area contributed by atoms with Crippen molar-refractivity contribution in [3.63, 3.8) is 0 Å². The molecule has 1 aromatic heterocycles. The van der Waals surface area contributed by atoms with E-state index in [1.165, 1.54) is 0 Å². The third-order valence-electron chi connectivity index (χ3n) is 2.41. The fraction of sp³-hybridized carbons (Fsp3) is 0.143. The van der Waals surface area contributed by atoms with Crippen molar-refractivity contribution in [2.24, 2.45) is 0 Å². The van der Waals surface area contributed by atoms with Gasteiger partial charge in [-0.3, -0.25) is 4.79 Å². The minimum atomic E-state index is -0.193. The summed E-state index contributed by atoms with van der Waals surface area (Å²) in [4.78, 5) is 16.2. The van der Waals surface area contributed by atoms with Gasteiger partial charge in [0.2, 0.25) is 5.88 Å². The molecule has 0 fully saturated rings. The highest BCUT2D eigenvalue weighted by molar-refractivity contribution is 9.10. The van der Waals surface area contributed by atoms with Crippen LogP contribution in [0.1, 0.15) is 17.3 Å². The van der Waals surface area contributed by atoms with E-state index in [0.717, 1.165) is 4.47 Å². The topological polar surface area (TPSA) is 51.2 Å². The highest BCUT2D eigenvalue weighted by Gasteiger charge is 2.10. The molecule has 5 heteroatoms. The van der Waals surface area contributed by atoms with Gasteiger partial charge in [-0.15, -0.1) is 0 Å². The van der Waals surface area contributed by atoms with Crippen molar-refractivity contribution in [2.45, 2.75) is 6.92 Å². The van der Waals surface area contributed by atoms with Crippen LogP contribution in [0.2, 0.25) is 0 Å². The number of benzene rings is 1. The number of hydrogen-bond donors (Lipinski definition) is 1. The number of carbonyl (C=O) groups excluding carboxylic acids is 1. The molecule has 1 heterocycles. The molecule has 0 spiro atoms. The molecular weight excluding hydrogens is 308 g/mol. The molecule has 0 bridgehead atoms. The summed E-state index contributed by atoms with van der Waals surface area (Å²) in [5.41, 5.74) is 1.15. The molecule has 19 heavy (non-hydrogen) atoms. The Morgan fingerprint density at radius 3 is 2.74 bits per heavy atom. The van der Waals surface area contributed by atoms with Crippen LogP contribution in [0.5, 0.6) is 5.88 Å². The van der Waals surface area contributed by atoms with Gasteiger partial charge in [0.15, 0.2) is 0 Å². The predicted molar refractivity (Wildman–Crippen MR) is 77.5 cm³/mol. The lowest BCUT2D eigenvalue weighted by Gasteiger charge is -2.10. The first-order valence-corrected chi connectivity index (χ1v) is 6.64. The highest BCUT2D eigenvalue weighted by atomic mass is 79.9. The lowest BCUT2D eigenvalue weighted by atomic mass is 10.2. The normalized spacial score (nSPS) is 10.0. The van der Waals surface area contributed by atoms with Crippen LogP contribution in [-0.4, -0.2) is 17.5 Å². The van der Waals surface area contributed by atoms with Crippen molar-refractivity contribution in [3.05, 3.63) is 52.6 Å². The summed E-state index contributed by atoms with van der Waals surface area (Å²) in [6.45, 7) is 2.37. The van der Waals surface area contributed by atoms with Crippen molar-refractivity contribution in [1.82, 2.24) is 4.98 Å². The summed E-state index contributed by atoms with van der Waals surface area (Å²) in [5, 5.41) is 2.79. The van der Waals surface area contributed by atoms with E-state index in [1.807, 2.05) is 19.1 Å². The van der Waals surface area contributed by atoms with Gasteiger partial charge >= 0.3 is 0 Å². The smallest absolute Gasteiger partial charge is 0.255 e. The van der Waals surface area contributed by atoms with Crippen LogP contribution in [-0.2, 0) is 0 Å². The maximum absolute atomic E-state index is 12.1. The first kappa shape index (κ1) is 13.5. The molecule has 0 radical (unpaired) electrons. The number of anilines is 1. The number of aromatic nitrogens is 1. The summed E-state index contributed by atoms with van der Waals surface area (Å²) in [6.07, 6.45) is 1.63. The van der Waals surface area contributed by atoms with Gasteiger partial charge in [0, 0.05) is 16.2 Å². The summed E-state index contributed by atoms with van der Waals surface area (Å²) in [5.74, 6) is 0.233. The van der Waals surface area contributed by atoms with E-state index in [1.54, 1.807) is 30.5 Å². The van der Waals surface area contributed by atoms with Crippen LogP contribution < -0.4 is 10.1 Å². The number of amides is 1. The molecule has 0 aliphatic carbocycles. The number of rotatable bonds is 4. The largest absolute Gasteiger partial charge is 0.476 e. The monoisotopic (exact) mass is 320 g/mol. The summed E-state index contributed by atoms with van der Waals surface area (Å²) in [7, 11) is 0. The zero-order valence-electron chi connectivity index (χ0n) is 10.4. The van der Waals surface area contributed by atoms with Crippen LogP contribution in [0.25, 0.3) is 0 Å². The number of carbonyl (C=O) groups is 1. The number of pyridine rings is 1. The first-order valence-electron chi connectivity index (χ1n) is 5.85.